The van der Waals surface area contributed by atoms with Crippen LogP contribution in [0.1, 0.15) is 17.2 Å². The summed E-state index contributed by atoms with van der Waals surface area (Å²) in [6.07, 6.45) is 1.60. The molecule has 30 heavy (non-hydrogen) atoms. The topological polar surface area (TPSA) is 81.8 Å². The molecule has 8 heteroatoms. The van der Waals surface area contributed by atoms with Crippen molar-refractivity contribution in [2.45, 2.75) is 6.04 Å². The summed E-state index contributed by atoms with van der Waals surface area (Å²) in [6.45, 7) is 1.95. The van der Waals surface area contributed by atoms with Crippen molar-refractivity contribution >= 4 is 22.0 Å². The molecule has 0 saturated carbocycles. The molecule has 0 aromatic heterocycles. The lowest BCUT2D eigenvalue weighted by Gasteiger charge is -2.35. The summed E-state index contributed by atoms with van der Waals surface area (Å²) in [4.78, 5) is 14.9. The van der Waals surface area contributed by atoms with Crippen LogP contribution in [-0.4, -0.2) is 56.3 Å². The molecule has 1 amide bonds. The maximum absolute atomic E-state index is 13.1. The summed E-state index contributed by atoms with van der Waals surface area (Å²) in [5, 5.41) is 1.25. The molecule has 2 fully saturated rings. The van der Waals surface area contributed by atoms with Crippen molar-refractivity contribution in [1.29, 1.82) is 0 Å². The lowest BCUT2D eigenvalue weighted by molar-refractivity contribution is -0.136. The maximum atomic E-state index is 13.1. The number of piperazine rings is 1. The first kappa shape index (κ1) is 20.7. The number of hydrogen-bond donors (Lipinski definition) is 2. The van der Waals surface area contributed by atoms with Crippen LogP contribution >= 0.6 is 0 Å². The minimum absolute atomic E-state index is 0.0539. The van der Waals surface area contributed by atoms with Gasteiger partial charge in [-0.3, -0.25) is 10.2 Å². The van der Waals surface area contributed by atoms with Crippen LogP contribution in [-0.2, 0) is 14.8 Å². The Balaban J connectivity index is 1.37. The first-order valence-electron chi connectivity index (χ1n) is 10.1. The van der Waals surface area contributed by atoms with Gasteiger partial charge in [0.25, 0.3) is 0 Å². The molecule has 2 unspecified atom stereocenters. The quantitative estimate of drug-likeness (QED) is 0.759. The predicted molar refractivity (Wildman–Crippen MR) is 116 cm³/mol. The van der Waals surface area contributed by atoms with E-state index in [1.54, 1.807) is 11.0 Å². The second-order valence-electron chi connectivity index (χ2n) is 7.50. The minimum Gasteiger partial charge on any atom is -0.340 e. The molecule has 7 nitrogen and oxygen atoms in total. The molecule has 2 aliphatic heterocycles. The van der Waals surface area contributed by atoms with Crippen molar-refractivity contribution in [2.24, 2.45) is 5.92 Å². The molecule has 0 aliphatic carbocycles. The summed E-state index contributed by atoms with van der Waals surface area (Å²) >= 11 is 0. The molecule has 2 saturated heterocycles. The van der Waals surface area contributed by atoms with Crippen LogP contribution in [0.4, 0.5) is 0 Å². The third kappa shape index (κ3) is 4.62. The summed E-state index contributed by atoms with van der Waals surface area (Å²) in [5.41, 5.74) is 8.19. The smallest absolute Gasteiger partial charge is 0.236 e. The van der Waals surface area contributed by atoms with Gasteiger partial charge in [0.15, 0.2) is 0 Å². The molecule has 2 N–H and O–H groups in total. The fraction of sp³-hybridized carbons (Fsp3) is 0.318. The van der Waals surface area contributed by atoms with Crippen molar-refractivity contribution in [3.05, 3.63) is 77.2 Å². The number of nitrogens with zero attached hydrogens (tertiary/aromatic N) is 2. The highest BCUT2D eigenvalue weighted by molar-refractivity contribution is 7.92. The average molecular weight is 427 g/mol. The van der Waals surface area contributed by atoms with E-state index >= 15 is 0 Å². The number of amides is 1. The van der Waals surface area contributed by atoms with E-state index in [9.17, 15) is 13.2 Å². The van der Waals surface area contributed by atoms with Gasteiger partial charge in [0, 0.05) is 38.1 Å². The van der Waals surface area contributed by atoms with Crippen LogP contribution < -0.4 is 10.9 Å². The van der Waals surface area contributed by atoms with Gasteiger partial charge in [-0.05, 0) is 17.2 Å². The minimum atomic E-state index is -3.51. The highest BCUT2D eigenvalue weighted by atomic mass is 32.2. The number of carbonyl (C=O) groups excluding carboxylic acids is 1. The molecule has 2 atom stereocenters. The maximum Gasteiger partial charge on any atom is 0.236 e. The normalized spacial score (nSPS) is 23.1. The zero-order valence-electron chi connectivity index (χ0n) is 16.6. The van der Waals surface area contributed by atoms with Gasteiger partial charge in [-0.15, -0.1) is 0 Å². The zero-order valence-corrected chi connectivity index (χ0v) is 17.5. The van der Waals surface area contributed by atoms with E-state index in [4.69, 9.17) is 0 Å². The van der Waals surface area contributed by atoms with Crippen molar-refractivity contribution in [3.8, 4) is 0 Å². The van der Waals surface area contributed by atoms with Gasteiger partial charge in [-0.2, -0.15) is 4.31 Å². The number of rotatable bonds is 5. The van der Waals surface area contributed by atoms with Crippen LogP contribution in [0.2, 0.25) is 0 Å². The number of sulfonamides is 1. The van der Waals surface area contributed by atoms with E-state index < -0.39 is 10.0 Å². The standard InChI is InChI=1S/C22H26N4O3S/c27-22(20-17-23-24-21(20)19-9-5-2-6-10-19)25-12-14-26(15-13-25)30(28,29)16-11-18-7-3-1-4-8-18/h1-11,16,20-21,23-24H,12-15,17H2/b16-11+. The van der Waals surface area contributed by atoms with E-state index in [0.29, 0.717) is 32.7 Å². The Morgan fingerprint density at radius 1 is 0.933 bits per heavy atom. The monoisotopic (exact) mass is 426 g/mol. The Morgan fingerprint density at radius 2 is 1.57 bits per heavy atom. The molecule has 2 aromatic carbocycles. The zero-order chi connectivity index (χ0) is 21.0. The molecule has 4 rings (SSSR count). The number of hydrazine groups is 1. The highest BCUT2D eigenvalue weighted by Crippen LogP contribution is 2.27. The summed E-state index contributed by atoms with van der Waals surface area (Å²) in [7, 11) is -3.51. The first-order valence-corrected chi connectivity index (χ1v) is 11.6. The first-order chi connectivity index (χ1) is 14.5. The van der Waals surface area contributed by atoms with Crippen molar-refractivity contribution in [3.63, 3.8) is 0 Å². The van der Waals surface area contributed by atoms with E-state index in [0.717, 1.165) is 11.1 Å². The van der Waals surface area contributed by atoms with Crippen LogP contribution in [0.25, 0.3) is 6.08 Å². The van der Waals surface area contributed by atoms with Gasteiger partial charge in [-0.25, -0.2) is 13.8 Å². The van der Waals surface area contributed by atoms with E-state index in [2.05, 4.69) is 10.9 Å². The Kier molecular flexibility index (Phi) is 6.29. The van der Waals surface area contributed by atoms with Crippen LogP contribution in [0.5, 0.6) is 0 Å². The largest absolute Gasteiger partial charge is 0.340 e. The molecule has 158 valence electrons. The van der Waals surface area contributed by atoms with Gasteiger partial charge in [0.1, 0.15) is 0 Å². The summed E-state index contributed by atoms with van der Waals surface area (Å²) < 4.78 is 26.7. The van der Waals surface area contributed by atoms with E-state index in [1.807, 2.05) is 60.7 Å². The van der Waals surface area contributed by atoms with Crippen molar-refractivity contribution < 1.29 is 13.2 Å². The Labute approximate surface area is 177 Å². The molecule has 0 radical (unpaired) electrons. The molecule has 0 spiro atoms. The summed E-state index contributed by atoms with van der Waals surface area (Å²) in [5.74, 6) is -0.160. The Morgan fingerprint density at radius 3 is 2.23 bits per heavy atom. The molecule has 2 aliphatic rings. The van der Waals surface area contributed by atoms with E-state index in [1.165, 1.54) is 9.71 Å². The number of benzene rings is 2. The highest BCUT2D eigenvalue weighted by Gasteiger charge is 2.38. The lowest BCUT2D eigenvalue weighted by atomic mass is 9.93. The molecular weight excluding hydrogens is 400 g/mol. The SMILES string of the molecule is O=C(C1CNNC1c1ccccc1)N1CCN(S(=O)(=O)/C=C/c2ccccc2)CC1. The van der Waals surface area contributed by atoms with Crippen molar-refractivity contribution in [1.82, 2.24) is 20.1 Å². The van der Waals surface area contributed by atoms with Gasteiger partial charge in [0.05, 0.1) is 12.0 Å². The van der Waals surface area contributed by atoms with Crippen LogP contribution in [0, 0.1) is 5.92 Å². The van der Waals surface area contributed by atoms with Gasteiger partial charge >= 0.3 is 0 Å². The summed E-state index contributed by atoms with van der Waals surface area (Å²) in [6, 6.07) is 19.1. The lowest BCUT2D eigenvalue weighted by Crippen LogP contribution is -2.52. The Bertz CT molecular complexity index is 988. The third-order valence-electron chi connectivity index (χ3n) is 5.60. The van der Waals surface area contributed by atoms with Gasteiger partial charge in [-0.1, -0.05) is 60.7 Å². The van der Waals surface area contributed by atoms with Crippen LogP contribution in [0.15, 0.2) is 66.1 Å². The molecular formula is C22H26N4O3S. The second kappa shape index (κ2) is 9.09. The second-order valence-corrected chi connectivity index (χ2v) is 9.32. The third-order valence-corrected chi connectivity index (χ3v) is 7.16. The van der Waals surface area contributed by atoms with Gasteiger partial charge in [0.2, 0.25) is 15.9 Å². The van der Waals surface area contributed by atoms with Gasteiger partial charge < -0.3 is 4.90 Å². The number of carbonyl (C=O) groups is 1. The molecule has 2 aromatic rings. The van der Waals surface area contributed by atoms with Crippen molar-refractivity contribution in [2.75, 3.05) is 32.7 Å². The number of hydrogen-bond acceptors (Lipinski definition) is 5. The fourth-order valence-electron chi connectivity index (χ4n) is 3.92. The fourth-order valence-corrected chi connectivity index (χ4v) is 5.09. The van der Waals surface area contributed by atoms with Crippen LogP contribution in [0.3, 0.4) is 0 Å². The van der Waals surface area contributed by atoms with E-state index in [-0.39, 0.29) is 17.9 Å². The average Bonchev–Trinajstić information content (AvgIpc) is 3.29. The Hall–Kier alpha value is -2.52. The molecule has 2 heterocycles. The predicted octanol–water partition coefficient (Wildman–Crippen LogP) is 1.60. The molecule has 0 bridgehead atoms. The number of nitrogens with one attached hydrogen (secondary N) is 2.